The molecular weight excluding hydrogens is 608 g/mol. The van der Waals surface area contributed by atoms with Gasteiger partial charge in [0, 0.05) is 31.1 Å². The van der Waals surface area contributed by atoms with E-state index >= 15 is 4.79 Å². The van der Waals surface area contributed by atoms with Crippen LogP contribution in [0.25, 0.3) is 0 Å². The predicted octanol–water partition coefficient (Wildman–Crippen LogP) is 4.26. The minimum Gasteiger partial charge on any atom is -0.455 e. The molecule has 1 aromatic carbocycles. The zero-order valence-corrected chi connectivity index (χ0v) is 29.7. The van der Waals surface area contributed by atoms with Gasteiger partial charge in [0.1, 0.15) is 17.8 Å². The van der Waals surface area contributed by atoms with E-state index in [0.29, 0.717) is 0 Å². The number of carbonyl (C=O) groups excluding carboxylic acids is 4. The second-order valence-electron chi connectivity index (χ2n) is 16.4. The van der Waals surface area contributed by atoms with Gasteiger partial charge in [-0.05, 0) is 43.1 Å². The van der Waals surface area contributed by atoms with E-state index in [0.717, 1.165) is 0 Å². The van der Waals surface area contributed by atoms with Crippen LogP contribution in [0.2, 0.25) is 18.1 Å². The molecule has 11 heteroatoms. The average molecular weight is 659 g/mol. The number of aliphatic hydroxyl groups excluding tert-OH is 1. The summed E-state index contributed by atoms with van der Waals surface area (Å²) in [6.45, 7) is 18.1. The van der Waals surface area contributed by atoms with Crippen molar-refractivity contribution in [1.29, 1.82) is 0 Å². The van der Waals surface area contributed by atoms with Crippen molar-refractivity contribution in [3.8, 4) is 0 Å². The van der Waals surface area contributed by atoms with Gasteiger partial charge in [0.15, 0.2) is 13.9 Å². The number of hydrogen-bond donors (Lipinski definition) is 2. The highest BCUT2D eigenvalue weighted by Crippen LogP contribution is 2.65. The lowest BCUT2D eigenvalue weighted by molar-refractivity contribution is -0.348. The fourth-order valence-electron chi connectivity index (χ4n) is 8.63. The lowest BCUT2D eigenvalue weighted by Gasteiger charge is -2.68. The molecule has 4 fully saturated rings. The van der Waals surface area contributed by atoms with Crippen LogP contribution in [-0.4, -0.2) is 84.3 Å². The summed E-state index contributed by atoms with van der Waals surface area (Å²) in [6, 6.07) is 8.28. The molecule has 5 rings (SSSR count). The second-order valence-corrected chi connectivity index (χ2v) is 21.1. The summed E-state index contributed by atoms with van der Waals surface area (Å²) in [5.74, 6) is -5.92. The zero-order chi connectivity index (χ0) is 34.4. The maximum atomic E-state index is 15.1. The minimum absolute atomic E-state index is 0.135. The van der Waals surface area contributed by atoms with Crippen molar-refractivity contribution in [3.63, 3.8) is 0 Å². The van der Waals surface area contributed by atoms with E-state index in [1.807, 2.05) is 13.1 Å². The standard InChI is InChI=1S/C35H50O10Si/c1-19-22(37)17-35(41)29(43-30(40)21-14-12-11-13-15-21)27-33(8,28(39)26(38)25(19)32(35,6)7)23(45-46(9,10)31(3,4)5)16-24-34(27,18-42-24)44-20(2)36/h11-15,19,22-25,27,29,37,41H,16-18H2,1-10H3/t19?,22-,23-,24+,25?,27?,29-,33+,34-,35+/m0/s1. The summed E-state index contributed by atoms with van der Waals surface area (Å²) >= 11 is 0. The molecule has 1 heterocycles. The summed E-state index contributed by atoms with van der Waals surface area (Å²) in [4.78, 5) is 56.4. The molecule has 46 heavy (non-hydrogen) atoms. The zero-order valence-electron chi connectivity index (χ0n) is 28.7. The van der Waals surface area contributed by atoms with Gasteiger partial charge in [-0.3, -0.25) is 14.4 Å². The smallest absolute Gasteiger partial charge is 0.338 e. The largest absolute Gasteiger partial charge is 0.455 e. The molecule has 0 aromatic heterocycles. The van der Waals surface area contributed by atoms with Crippen molar-refractivity contribution in [1.82, 2.24) is 0 Å². The van der Waals surface area contributed by atoms with Crippen LogP contribution in [-0.2, 0) is 33.0 Å². The van der Waals surface area contributed by atoms with Crippen molar-refractivity contribution in [2.75, 3.05) is 6.61 Å². The predicted molar refractivity (Wildman–Crippen MR) is 170 cm³/mol. The Morgan fingerprint density at radius 3 is 2.20 bits per heavy atom. The Morgan fingerprint density at radius 2 is 1.67 bits per heavy atom. The summed E-state index contributed by atoms with van der Waals surface area (Å²) < 4.78 is 25.6. The van der Waals surface area contributed by atoms with Crippen molar-refractivity contribution in [2.24, 2.45) is 28.6 Å². The maximum Gasteiger partial charge on any atom is 0.338 e. The van der Waals surface area contributed by atoms with Gasteiger partial charge in [0.05, 0.1) is 35.7 Å². The molecule has 4 aliphatic rings. The Labute approximate surface area is 272 Å². The molecule has 3 aliphatic carbocycles. The van der Waals surface area contributed by atoms with E-state index in [4.69, 9.17) is 18.6 Å². The minimum atomic E-state index is -2.62. The van der Waals surface area contributed by atoms with Crippen LogP contribution in [0.15, 0.2) is 30.3 Å². The van der Waals surface area contributed by atoms with Crippen molar-refractivity contribution < 1.29 is 48.0 Å². The molecule has 254 valence electrons. The van der Waals surface area contributed by atoms with Crippen LogP contribution in [0, 0.1) is 28.6 Å². The molecule has 0 spiro atoms. The number of ether oxygens (including phenoxy) is 3. The third-order valence-electron chi connectivity index (χ3n) is 12.5. The van der Waals surface area contributed by atoms with Gasteiger partial charge >= 0.3 is 11.9 Å². The van der Waals surface area contributed by atoms with Gasteiger partial charge in [-0.25, -0.2) is 4.79 Å². The summed E-state index contributed by atoms with van der Waals surface area (Å²) in [7, 11) is -2.62. The topological polar surface area (TPSA) is 146 Å². The lowest BCUT2D eigenvalue weighted by Crippen LogP contribution is -2.83. The Kier molecular flexibility index (Phi) is 8.38. The fraction of sp³-hybridized carbons (Fsp3) is 0.714. The van der Waals surface area contributed by atoms with Crippen molar-refractivity contribution >= 4 is 31.8 Å². The fourth-order valence-corrected chi connectivity index (χ4v) is 10.0. The third-order valence-corrected chi connectivity index (χ3v) is 16.9. The number of carbonyl (C=O) groups is 4. The highest BCUT2D eigenvalue weighted by atomic mass is 28.4. The number of hydrogen-bond acceptors (Lipinski definition) is 10. The molecule has 10 nitrogen and oxygen atoms in total. The molecule has 3 saturated carbocycles. The van der Waals surface area contributed by atoms with Crippen molar-refractivity contribution in [3.05, 3.63) is 35.9 Å². The van der Waals surface area contributed by atoms with Crippen LogP contribution in [0.5, 0.6) is 0 Å². The maximum absolute atomic E-state index is 15.1. The highest BCUT2D eigenvalue weighted by molar-refractivity contribution is 6.74. The normalized spacial score (nSPS) is 40.4. The SMILES string of the molecule is CC(=O)O[C@@]12CO[C@@H]1C[C@H](O[Si](C)(C)C(C)(C)C)[C@@]1(C)C(=O)C(=O)C3C(C)[C@@H](O)C[C@@](O)([C@@H](OC(=O)c4ccccc4)C12)C3(C)C. The number of esters is 2. The third kappa shape index (κ3) is 4.86. The first-order valence-corrected chi connectivity index (χ1v) is 19.2. The highest BCUT2D eigenvalue weighted by Gasteiger charge is 2.79. The van der Waals surface area contributed by atoms with Gasteiger partial charge < -0.3 is 28.8 Å². The van der Waals surface area contributed by atoms with Gasteiger partial charge in [-0.15, -0.1) is 0 Å². The molecule has 1 saturated heterocycles. The Bertz CT molecular complexity index is 1420. The molecule has 1 aliphatic heterocycles. The van der Waals surface area contributed by atoms with Crippen LogP contribution in [0.3, 0.4) is 0 Å². The van der Waals surface area contributed by atoms with E-state index in [9.17, 15) is 24.6 Å². The molecule has 2 N–H and O–H groups in total. The summed E-state index contributed by atoms with van der Waals surface area (Å²) in [5.41, 5.74) is -6.43. The molecule has 1 aromatic rings. The monoisotopic (exact) mass is 658 g/mol. The molecule has 0 radical (unpaired) electrons. The Balaban J connectivity index is 1.82. The first-order valence-electron chi connectivity index (χ1n) is 16.3. The second kappa shape index (κ2) is 11.0. The molecule has 3 unspecified atom stereocenters. The first kappa shape index (κ1) is 34.9. The van der Waals surface area contributed by atoms with E-state index in [1.165, 1.54) is 6.92 Å². The van der Waals surface area contributed by atoms with E-state index in [2.05, 4.69) is 20.8 Å². The molecule has 10 atom stereocenters. The van der Waals surface area contributed by atoms with Crippen LogP contribution < -0.4 is 0 Å². The Morgan fingerprint density at radius 1 is 1.07 bits per heavy atom. The van der Waals surface area contributed by atoms with Gasteiger partial charge in [0.25, 0.3) is 0 Å². The van der Waals surface area contributed by atoms with Crippen LogP contribution in [0.1, 0.15) is 78.6 Å². The van der Waals surface area contributed by atoms with Gasteiger partial charge in [-0.2, -0.15) is 0 Å². The number of fused-ring (bicyclic) bond motifs is 5. The average Bonchev–Trinajstić information content (AvgIpc) is 2.94. The van der Waals surface area contributed by atoms with Gasteiger partial charge in [-0.1, -0.05) is 59.7 Å². The number of rotatable bonds is 5. The summed E-state index contributed by atoms with van der Waals surface area (Å²) in [5, 5.41) is 24.1. The Hall–Kier alpha value is -2.44. The van der Waals surface area contributed by atoms with E-state index in [1.54, 1.807) is 58.0 Å². The van der Waals surface area contributed by atoms with E-state index in [-0.39, 0.29) is 30.1 Å². The van der Waals surface area contributed by atoms with Crippen LogP contribution in [0.4, 0.5) is 0 Å². The van der Waals surface area contributed by atoms with Gasteiger partial charge in [0.2, 0.25) is 11.6 Å². The number of aliphatic hydroxyl groups is 2. The molecule has 2 bridgehead atoms. The number of benzene rings is 1. The molecule has 0 amide bonds. The van der Waals surface area contributed by atoms with E-state index < -0.39 is 96.0 Å². The number of Topliss-reactive ketones (excluding diaryl/α,β-unsaturated/α-hetero) is 2. The first-order chi connectivity index (χ1) is 21.1. The summed E-state index contributed by atoms with van der Waals surface area (Å²) in [6.07, 6.45) is -4.46. The number of ketones is 2. The lowest BCUT2D eigenvalue weighted by atomic mass is 9.42. The molecular formula is C35H50O10Si. The van der Waals surface area contributed by atoms with Crippen molar-refractivity contribution in [2.45, 2.75) is 122 Å². The quantitative estimate of drug-likeness (QED) is 0.268. The van der Waals surface area contributed by atoms with Crippen LogP contribution >= 0.6 is 0 Å².